The zero-order valence-electron chi connectivity index (χ0n) is 12.0. The van der Waals surface area contributed by atoms with Crippen LogP contribution in [0.3, 0.4) is 0 Å². The van der Waals surface area contributed by atoms with Gasteiger partial charge in [0.25, 0.3) is 0 Å². The number of hydrogen-bond acceptors (Lipinski definition) is 1. The van der Waals surface area contributed by atoms with E-state index >= 15 is 0 Å². The first-order valence-corrected chi connectivity index (χ1v) is 8.58. The number of hydrogen-bond donors (Lipinski definition) is 0. The summed E-state index contributed by atoms with van der Waals surface area (Å²) < 4.78 is 3.49. The van der Waals surface area contributed by atoms with E-state index in [0.717, 1.165) is 15.8 Å². The van der Waals surface area contributed by atoms with Crippen LogP contribution in [0.5, 0.6) is 0 Å². The average molecular weight is 356 g/mol. The van der Waals surface area contributed by atoms with Crippen molar-refractivity contribution >= 4 is 38.6 Å². The Labute approximate surface area is 133 Å². The van der Waals surface area contributed by atoms with Crippen molar-refractivity contribution in [3.8, 4) is 0 Å². The van der Waals surface area contributed by atoms with Gasteiger partial charge in [-0.05, 0) is 36.5 Å². The van der Waals surface area contributed by atoms with Gasteiger partial charge in [-0.2, -0.15) is 0 Å². The number of aromatic nitrogens is 2. The third-order valence-corrected chi connectivity index (χ3v) is 5.34. The molecule has 1 atom stereocenters. The summed E-state index contributed by atoms with van der Waals surface area (Å²) in [5.74, 6) is 1.47. The molecule has 1 aromatic heterocycles. The van der Waals surface area contributed by atoms with Crippen LogP contribution >= 0.6 is 27.5 Å². The highest BCUT2D eigenvalue weighted by atomic mass is 79.9. The van der Waals surface area contributed by atoms with Gasteiger partial charge >= 0.3 is 0 Å². The third-order valence-electron chi connectivity index (χ3n) is 4.61. The second kappa shape index (κ2) is 5.34. The van der Waals surface area contributed by atoms with Crippen LogP contribution in [0.25, 0.3) is 11.0 Å². The largest absolute Gasteiger partial charge is 0.323 e. The first kappa shape index (κ1) is 14.4. The molecule has 4 heteroatoms. The number of benzene rings is 1. The van der Waals surface area contributed by atoms with Crippen molar-refractivity contribution in [1.29, 1.82) is 0 Å². The molecular weight excluding hydrogens is 336 g/mol. The Kier molecular flexibility index (Phi) is 3.85. The molecular formula is C16H20BrClN2. The summed E-state index contributed by atoms with van der Waals surface area (Å²) in [7, 11) is 0. The lowest BCUT2D eigenvalue weighted by molar-refractivity contribution is 0.145. The first-order chi connectivity index (χ1) is 9.53. The molecule has 0 bridgehead atoms. The Balaban J connectivity index is 2.20. The van der Waals surface area contributed by atoms with Crippen LogP contribution in [-0.2, 0) is 5.88 Å². The fraction of sp³-hybridized carbons (Fsp3) is 0.562. The van der Waals surface area contributed by atoms with Crippen LogP contribution in [0.2, 0.25) is 0 Å². The van der Waals surface area contributed by atoms with Crippen LogP contribution in [-0.4, -0.2) is 9.55 Å². The zero-order chi connectivity index (χ0) is 14.3. The molecule has 0 radical (unpaired) electrons. The molecule has 1 aliphatic carbocycles. The molecule has 0 N–H and O–H groups in total. The molecule has 1 aromatic carbocycles. The minimum Gasteiger partial charge on any atom is -0.323 e. The summed E-state index contributed by atoms with van der Waals surface area (Å²) >= 11 is 9.74. The molecule has 1 unspecified atom stereocenters. The minimum atomic E-state index is 0.301. The summed E-state index contributed by atoms with van der Waals surface area (Å²) in [5.41, 5.74) is 2.55. The second-order valence-corrected chi connectivity index (χ2v) is 7.60. The third kappa shape index (κ3) is 2.39. The molecule has 1 heterocycles. The van der Waals surface area contributed by atoms with Crippen molar-refractivity contribution < 1.29 is 0 Å². The molecule has 108 valence electrons. The van der Waals surface area contributed by atoms with Gasteiger partial charge in [-0.15, -0.1) is 11.6 Å². The Morgan fingerprint density at radius 3 is 2.90 bits per heavy atom. The smallest absolute Gasteiger partial charge is 0.125 e. The summed E-state index contributed by atoms with van der Waals surface area (Å²) in [6.45, 7) is 4.75. The Bertz CT molecular complexity index is 633. The maximum absolute atomic E-state index is 6.16. The van der Waals surface area contributed by atoms with E-state index in [-0.39, 0.29) is 0 Å². The van der Waals surface area contributed by atoms with Gasteiger partial charge in [-0.1, -0.05) is 42.6 Å². The molecule has 1 fully saturated rings. The lowest BCUT2D eigenvalue weighted by atomic mass is 9.73. The van der Waals surface area contributed by atoms with Gasteiger partial charge in [0.15, 0.2) is 0 Å². The van der Waals surface area contributed by atoms with E-state index in [1.807, 2.05) is 6.07 Å². The SMILES string of the molecule is CC1(C)CCCCC1n1c(CCl)nc2ccc(Br)cc21. The molecule has 0 saturated heterocycles. The molecule has 2 aromatic rings. The van der Waals surface area contributed by atoms with Gasteiger partial charge in [-0.25, -0.2) is 4.98 Å². The number of halogens is 2. The van der Waals surface area contributed by atoms with E-state index < -0.39 is 0 Å². The number of nitrogens with zero attached hydrogens (tertiary/aromatic N) is 2. The van der Waals surface area contributed by atoms with Crippen molar-refractivity contribution in [1.82, 2.24) is 9.55 Å². The summed E-state index contributed by atoms with van der Waals surface area (Å²) in [4.78, 5) is 4.72. The first-order valence-electron chi connectivity index (χ1n) is 7.25. The van der Waals surface area contributed by atoms with Gasteiger partial charge in [0.05, 0.1) is 16.9 Å². The topological polar surface area (TPSA) is 17.8 Å². The molecule has 0 amide bonds. The van der Waals surface area contributed by atoms with E-state index in [1.54, 1.807) is 0 Å². The highest BCUT2D eigenvalue weighted by Crippen LogP contribution is 2.45. The molecule has 2 nitrogen and oxygen atoms in total. The quantitative estimate of drug-likeness (QED) is 0.634. The molecule has 20 heavy (non-hydrogen) atoms. The molecule has 0 spiro atoms. The second-order valence-electron chi connectivity index (χ2n) is 6.41. The highest BCUT2D eigenvalue weighted by molar-refractivity contribution is 9.10. The lowest BCUT2D eigenvalue weighted by Crippen LogP contribution is -2.31. The predicted molar refractivity (Wildman–Crippen MR) is 88.3 cm³/mol. The lowest BCUT2D eigenvalue weighted by Gasteiger charge is -2.40. The highest BCUT2D eigenvalue weighted by Gasteiger charge is 2.35. The van der Waals surface area contributed by atoms with Gasteiger partial charge < -0.3 is 4.57 Å². The van der Waals surface area contributed by atoms with E-state index in [1.165, 1.54) is 31.2 Å². The Morgan fingerprint density at radius 1 is 1.40 bits per heavy atom. The number of imidazole rings is 1. The monoisotopic (exact) mass is 354 g/mol. The summed E-state index contributed by atoms with van der Waals surface area (Å²) in [6, 6.07) is 6.78. The molecule has 0 aliphatic heterocycles. The van der Waals surface area contributed by atoms with E-state index in [0.29, 0.717) is 17.3 Å². The van der Waals surface area contributed by atoms with E-state index in [9.17, 15) is 0 Å². The van der Waals surface area contributed by atoms with Crippen molar-refractivity contribution in [3.05, 3.63) is 28.5 Å². The van der Waals surface area contributed by atoms with Crippen LogP contribution in [0.15, 0.2) is 22.7 Å². The van der Waals surface area contributed by atoms with Crippen LogP contribution in [0.1, 0.15) is 51.4 Å². The van der Waals surface area contributed by atoms with Crippen LogP contribution in [0, 0.1) is 5.41 Å². The van der Waals surface area contributed by atoms with Gasteiger partial charge in [0.2, 0.25) is 0 Å². The molecule has 1 saturated carbocycles. The molecule has 1 aliphatic rings. The number of rotatable bonds is 2. The number of alkyl halides is 1. The number of fused-ring (bicyclic) bond motifs is 1. The maximum atomic E-state index is 6.16. The normalized spacial score (nSPS) is 22.3. The van der Waals surface area contributed by atoms with Gasteiger partial charge in [0, 0.05) is 10.5 Å². The zero-order valence-corrected chi connectivity index (χ0v) is 14.3. The van der Waals surface area contributed by atoms with Crippen LogP contribution < -0.4 is 0 Å². The standard InChI is InChI=1S/C16H20BrClN2/c1-16(2)8-4-3-5-14(16)20-13-9-11(17)6-7-12(13)19-15(20)10-18/h6-7,9,14H,3-5,8,10H2,1-2H3. The van der Waals surface area contributed by atoms with E-state index in [4.69, 9.17) is 16.6 Å². The predicted octanol–water partition coefficient (Wildman–Crippen LogP) is 5.68. The minimum absolute atomic E-state index is 0.301. The fourth-order valence-electron chi connectivity index (χ4n) is 3.51. The van der Waals surface area contributed by atoms with Gasteiger partial charge in [0.1, 0.15) is 5.82 Å². The average Bonchev–Trinajstić information content (AvgIpc) is 2.76. The van der Waals surface area contributed by atoms with Crippen molar-refractivity contribution in [2.75, 3.05) is 0 Å². The Hall–Kier alpha value is -0.540. The van der Waals surface area contributed by atoms with Crippen LogP contribution in [0.4, 0.5) is 0 Å². The summed E-state index contributed by atoms with van der Waals surface area (Å²) in [6.07, 6.45) is 5.11. The van der Waals surface area contributed by atoms with Crippen molar-refractivity contribution in [2.24, 2.45) is 5.41 Å². The fourth-order valence-corrected chi connectivity index (χ4v) is 4.05. The van der Waals surface area contributed by atoms with E-state index in [2.05, 4.69) is 46.5 Å². The Morgan fingerprint density at radius 2 is 2.20 bits per heavy atom. The van der Waals surface area contributed by atoms with Gasteiger partial charge in [-0.3, -0.25) is 0 Å². The van der Waals surface area contributed by atoms with Crippen molar-refractivity contribution in [3.63, 3.8) is 0 Å². The summed E-state index contributed by atoms with van der Waals surface area (Å²) in [5, 5.41) is 0. The molecule has 3 rings (SSSR count). The maximum Gasteiger partial charge on any atom is 0.125 e. The van der Waals surface area contributed by atoms with Crippen molar-refractivity contribution in [2.45, 2.75) is 51.5 Å².